The standard InChI is InChI=1S/C16H22FN/c1-13-7-8-15(11-16(13)17)12-18-10-9-14-5-3-2-4-6-14/h5,7-8,11,18H,2-4,6,9-10,12H2,1H3. The minimum absolute atomic E-state index is 0.107. The van der Waals surface area contributed by atoms with E-state index in [4.69, 9.17) is 0 Å². The maximum Gasteiger partial charge on any atom is 0.126 e. The van der Waals surface area contributed by atoms with E-state index < -0.39 is 0 Å². The monoisotopic (exact) mass is 247 g/mol. The first-order chi connectivity index (χ1) is 8.75. The zero-order valence-electron chi connectivity index (χ0n) is 11.1. The molecule has 2 heteroatoms. The molecule has 0 saturated carbocycles. The number of hydrogen-bond acceptors (Lipinski definition) is 1. The molecule has 18 heavy (non-hydrogen) atoms. The first-order valence-corrected chi connectivity index (χ1v) is 6.89. The molecular weight excluding hydrogens is 225 g/mol. The molecule has 0 radical (unpaired) electrons. The number of hydrogen-bond donors (Lipinski definition) is 1. The molecule has 1 aliphatic carbocycles. The van der Waals surface area contributed by atoms with Crippen molar-refractivity contribution in [3.63, 3.8) is 0 Å². The third kappa shape index (κ3) is 3.95. The zero-order chi connectivity index (χ0) is 12.8. The van der Waals surface area contributed by atoms with Crippen LogP contribution in [-0.4, -0.2) is 6.54 Å². The summed E-state index contributed by atoms with van der Waals surface area (Å²) < 4.78 is 13.3. The topological polar surface area (TPSA) is 12.0 Å². The largest absolute Gasteiger partial charge is 0.312 e. The highest BCUT2D eigenvalue weighted by Gasteiger charge is 2.03. The molecule has 0 unspecified atom stereocenters. The van der Waals surface area contributed by atoms with Gasteiger partial charge in [-0.1, -0.05) is 23.8 Å². The van der Waals surface area contributed by atoms with Crippen molar-refractivity contribution in [2.24, 2.45) is 0 Å². The molecule has 1 aromatic carbocycles. The van der Waals surface area contributed by atoms with Crippen molar-refractivity contribution in [2.75, 3.05) is 6.54 Å². The lowest BCUT2D eigenvalue weighted by molar-refractivity contribution is 0.607. The Morgan fingerprint density at radius 3 is 2.89 bits per heavy atom. The Bertz CT molecular complexity index is 423. The molecule has 0 spiro atoms. The van der Waals surface area contributed by atoms with Crippen molar-refractivity contribution in [1.82, 2.24) is 5.32 Å². The summed E-state index contributed by atoms with van der Waals surface area (Å²) in [5.74, 6) is -0.107. The Morgan fingerprint density at radius 2 is 2.17 bits per heavy atom. The van der Waals surface area contributed by atoms with Crippen molar-refractivity contribution in [3.8, 4) is 0 Å². The van der Waals surface area contributed by atoms with Crippen molar-refractivity contribution in [2.45, 2.75) is 45.6 Å². The van der Waals surface area contributed by atoms with Gasteiger partial charge in [-0.2, -0.15) is 0 Å². The van der Waals surface area contributed by atoms with Crippen LogP contribution in [0.4, 0.5) is 4.39 Å². The molecule has 0 saturated heterocycles. The molecule has 1 aromatic rings. The highest BCUT2D eigenvalue weighted by molar-refractivity contribution is 5.23. The van der Waals surface area contributed by atoms with Crippen LogP contribution < -0.4 is 5.32 Å². The molecule has 0 atom stereocenters. The summed E-state index contributed by atoms with van der Waals surface area (Å²) in [6.07, 6.45) is 8.72. The molecule has 1 aliphatic rings. The van der Waals surface area contributed by atoms with Gasteiger partial charge in [-0.25, -0.2) is 4.39 Å². The van der Waals surface area contributed by atoms with Crippen LogP contribution in [0.2, 0.25) is 0 Å². The van der Waals surface area contributed by atoms with Crippen LogP contribution in [0, 0.1) is 12.7 Å². The summed E-state index contributed by atoms with van der Waals surface area (Å²) in [4.78, 5) is 0. The molecule has 0 amide bonds. The molecule has 1 N–H and O–H groups in total. The fourth-order valence-electron chi connectivity index (χ4n) is 2.36. The molecule has 98 valence electrons. The fourth-order valence-corrected chi connectivity index (χ4v) is 2.36. The van der Waals surface area contributed by atoms with Crippen molar-refractivity contribution >= 4 is 0 Å². The van der Waals surface area contributed by atoms with Gasteiger partial charge in [-0.3, -0.25) is 0 Å². The van der Waals surface area contributed by atoms with E-state index in [1.165, 1.54) is 25.7 Å². The van der Waals surface area contributed by atoms with Gasteiger partial charge in [0.1, 0.15) is 5.82 Å². The lowest BCUT2D eigenvalue weighted by Gasteiger charge is -2.13. The molecule has 0 aliphatic heterocycles. The van der Waals surface area contributed by atoms with Gasteiger partial charge in [0.05, 0.1) is 0 Å². The minimum atomic E-state index is -0.107. The Kier molecular flexibility index (Phi) is 4.94. The maximum atomic E-state index is 13.3. The van der Waals surface area contributed by atoms with E-state index in [0.29, 0.717) is 5.56 Å². The predicted octanol–water partition coefficient (Wildman–Crippen LogP) is 4.11. The van der Waals surface area contributed by atoms with Crippen LogP contribution in [0.25, 0.3) is 0 Å². The first-order valence-electron chi connectivity index (χ1n) is 6.89. The Hall–Kier alpha value is -1.15. The first kappa shape index (κ1) is 13.3. The van der Waals surface area contributed by atoms with Crippen LogP contribution in [0.3, 0.4) is 0 Å². The van der Waals surface area contributed by atoms with Gasteiger partial charge in [0.15, 0.2) is 0 Å². The van der Waals surface area contributed by atoms with Gasteiger partial charge in [-0.15, -0.1) is 0 Å². The lowest BCUT2D eigenvalue weighted by Crippen LogP contribution is -2.15. The van der Waals surface area contributed by atoms with Gasteiger partial charge >= 0.3 is 0 Å². The normalized spacial score (nSPS) is 15.6. The van der Waals surface area contributed by atoms with Crippen LogP contribution in [-0.2, 0) is 6.54 Å². The highest BCUT2D eigenvalue weighted by atomic mass is 19.1. The second-order valence-electron chi connectivity index (χ2n) is 5.12. The van der Waals surface area contributed by atoms with E-state index in [9.17, 15) is 4.39 Å². The Morgan fingerprint density at radius 1 is 1.28 bits per heavy atom. The average Bonchev–Trinajstić information content (AvgIpc) is 2.40. The van der Waals surface area contributed by atoms with E-state index in [1.54, 1.807) is 18.6 Å². The number of allylic oxidation sites excluding steroid dienone is 1. The van der Waals surface area contributed by atoms with E-state index in [-0.39, 0.29) is 5.82 Å². The summed E-state index contributed by atoms with van der Waals surface area (Å²) in [6.45, 7) is 3.54. The maximum absolute atomic E-state index is 13.3. The molecular formula is C16H22FN. The second kappa shape index (κ2) is 6.69. The third-order valence-electron chi connectivity index (χ3n) is 3.57. The summed E-state index contributed by atoms with van der Waals surface area (Å²) in [5.41, 5.74) is 3.32. The van der Waals surface area contributed by atoms with Crippen molar-refractivity contribution in [3.05, 3.63) is 46.8 Å². The number of halogens is 1. The van der Waals surface area contributed by atoms with E-state index in [0.717, 1.165) is 25.1 Å². The molecule has 2 rings (SSSR count). The second-order valence-corrected chi connectivity index (χ2v) is 5.12. The molecule has 0 fully saturated rings. The quantitative estimate of drug-likeness (QED) is 0.610. The zero-order valence-corrected chi connectivity index (χ0v) is 11.1. The molecule has 0 aromatic heterocycles. The number of nitrogens with one attached hydrogen (secondary N) is 1. The summed E-state index contributed by atoms with van der Waals surface area (Å²) >= 11 is 0. The van der Waals surface area contributed by atoms with E-state index in [1.807, 2.05) is 12.1 Å². The smallest absolute Gasteiger partial charge is 0.126 e. The lowest BCUT2D eigenvalue weighted by atomic mass is 9.97. The number of rotatable bonds is 5. The Balaban J connectivity index is 1.71. The highest BCUT2D eigenvalue weighted by Crippen LogP contribution is 2.19. The van der Waals surface area contributed by atoms with Gasteiger partial charge in [-0.05, 0) is 62.8 Å². The van der Waals surface area contributed by atoms with E-state index in [2.05, 4.69) is 11.4 Å². The average molecular weight is 247 g/mol. The number of aryl methyl sites for hydroxylation is 1. The molecule has 0 bridgehead atoms. The van der Waals surface area contributed by atoms with Crippen molar-refractivity contribution < 1.29 is 4.39 Å². The SMILES string of the molecule is Cc1ccc(CNCCC2=CCCCC2)cc1F. The Labute approximate surface area is 109 Å². The van der Waals surface area contributed by atoms with Crippen LogP contribution >= 0.6 is 0 Å². The molecule has 0 heterocycles. The summed E-state index contributed by atoms with van der Waals surface area (Å²) in [7, 11) is 0. The van der Waals surface area contributed by atoms with Crippen LogP contribution in [0.5, 0.6) is 0 Å². The number of benzene rings is 1. The molecule has 1 nitrogen and oxygen atoms in total. The van der Waals surface area contributed by atoms with Crippen LogP contribution in [0.1, 0.15) is 43.2 Å². The summed E-state index contributed by atoms with van der Waals surface area (Å²) in [5, 5.41) is 3.39. The van der Waals surface area contributed by atoms with Crippen LogP contribution in [0.15, 0.2) is 29.8 Å². The van der Waals surface area contributed by atoms with Crippen molar-refractivity contribution in [1.29, 1.82) is 0 Å². The fraction of sp³-hybridized carbons (Fsp3) is 0.500. The predicted molar refractivity (Wildman–Crippen MR) is 74.0 cm³/mol. The van der Waals surface area contributed by atoms with Gasteiger partial charge < -0.3 is 5.32 Å². The van der Waals surface area contributed by atoms with Gasteiger partial charge in [0.2, 0.25) is 0 Å². The third-order valence-corrected chi connectivity index (χ3v) is 3.57. The summed E-state index contributed by atoms with van der Waals surface area (Å²) in [6, 6.07) is 5.46. The van der Waals surface area contributed by atoms with Gasteiger partial charge in [0.25, 0.3) is 0 Å². The van der Waals surface area contributed by atoms with E-state index >= 15 is 0 Å². The van der Waals surface area contributed by atoms with Gasteiger partial charge in [0, 0.05) is 6.54 Å². The minimum Gasteiger partial charge on any atom is -0.312 e.